The van der Waals surface area contributed by atoms with Crippen molar-refractivity contribution in [3.63, 3.8) is 0 Å². The molecule has 130 valence electrons. The number of rotatable bonds is 2. The molecule has 1 aromatic rings. The Labute approximate surface area is 144 Å². The molecule has 3 rings (SSSR count). The number of carbonyl (C=O) groups is 2. The van der Waals surface area contributed by atoms with Crippen molar-refractivity contribution in [2.45, 2.75) is 39.7 Å². The largest absolute Gasteiger partial charge is 0.368 e. The molecule has 2 aliphatic rings. The van der Waals surface area contributed by atoms with Gasteiger partial charge in [-0.1, -0.05) is 12.1 Å². The third-order valence-corrected chi connectivity index (χ3v) is 5.45. The van der Waals surface area contributed by atoms with E-state index in [9.17, 15) is 9.59 Å². The number of nitrogens with zero attached hydrogens (tertiary/aromatic N) is 3. The van der Waals surface area contributed by atoms with Gasteiger partial charge < -0.3 is 14.7 Å². The van der Waals surface area contributed by atoms with Crippen LogP contribution in [0.1, 0.15) is 30.9 Å². The summed E-state index contributed by atoms with van der Waals surface area (Å²) in [4.78, 5) is 30.5. The summed E-state index contributed by atoms with van der Waals surface area (Å²) in [7, 11) is 0. The first-order chi connectivity index (χ1) is 11.5. The zero-order chi connectivity index (χ0) is 17.3. The van der Waals surface area contributed by atoms with Crippen molar-refractivity contribution in [3.8, 4) is 0 Å². The molecule has 5 nitrogen and oxygen atoms in total. The fourth-order valence-corrected chi connectivity index (χ4v) is 3.86. The van der Waals surface area contributed by atoms with E-state index in [1.54, 1.807) is 11.8 Å². The van der Waals surface area contributed by atoms with E-state index in [1.165, 1.54) is 16.8 Å². The molecule has 0 N–H and O–H groups in total. The van der Waals surface area contributed by atoms with Crippen LogP contribution in [0.25, 0.3) is 0 Å². The topological polar surface area (TPSA) is 43.9 Å². The fraction of sp³-hybridized carbons (Fsp3) is 0.579. The normalized spacial score (nSPS) is 21.3. The molecule has 2 saturated heterocycles. The lowest BCUT2D eigenvalue weighted by Crippen LogP contribution is -2.54. The zero-order valence-electron chi connectivity index (χ0n) is 14.9. The van der Waals surface area contributed by atoms with Crippen LogP contribution in [0.5, 0.6) is 0 Å². The first-order valence-electron chi connectivity index (χ1n) is 8.86. The van der Waals surface area contributed by atoms with Gasteiger partial charge in [0.2, 0.25) is 11.8 Å². The van der Waals surface area contributed by atoms with Gasteiger partial charge in [0, 0.05) is 45.3 Å². The highest BCUT2D eigenvalue weighted by atomic mass is 16.2. The number of likely N-dealkylation sites (tertiary alicyclic amines) is 1. The maximum Gasteiger partial charge on any atom is 0.245 e. The lowest BCUT2D eigenvalue weighted by Gasteiger charge is -2.39. The second kappa shape index (κ2) is 6.83. The number of anilines is 1. The molecule has 0 saturated carbocycles. The summed E-state index contributed by atoms with van der Waals surface area (Å²) < 4.78 is 0. The molecule has 2 amide bonds. The van der Waals surface area contributed by atoms with Gasteiger partial charge in [-0.15, -0.1) is 0 Å². The van der Waals surface area contributed by atoms with Gasteiger partial charge in [-0.2, -0.15) is 0 Å². The van der Waals surface area contributed by atoms with Gasteiger partial charge in [0.25, 0.3) is 0 Å². The van der Waals surface area contributed by atoms with E-state index in [2.05, 4.69) is 36.9 Å². The highest BCUT2D eigenvalue weighted by molar-refractivity contribution is 5.87. The minimum Gasteiger partial charge on any atom is -0.368 e. The molecular weight excluding hydrogens is 302 g/mol. The number of hydrogen-bond donors (Lipinski definition) is 0. The summed E-state index contributed by atoms with van der Waals surface area (Å²) in [6, 6.07) is 6.15. The molecular formula is C19H27N3O2. The Bertz CT molecular complexity index is 635. The van der Waals surface area contributed by atoms with E-state index in [0.29, 0.717) is 6.54 Å². The Morgan fingerprint density at radius 2 is 1.75 bits per heavy atom. The summed E-state index contributed by atoms with van der Waals surface area (Å²) in [5.74, 6) is 0.142. The van der Waals surface area contributed by atoms with Gasteiger partial charge in [0.15, 0.2) is 0 Å². The minimum absolute atomic E-state index is 0.0138. The zero-order valence-corrected chi connectivity index (χ0v) is 14.9. The van der Waals surface area contributed by atoms with Crippen molar-refractivity contribution < 1.29 is 9.59 Å². The van der Waals surface area contributed by atoms with Crippen LogP contribution in [-0.2, 0) is 9.59 Å². The Morgan fingerprint density at radius 3 is 2.42 bits per heavy atom. The van der Waals surface area contributed by atoms with Crippen LogP contribution in [-0.4, -0.2) is 60.4 Å². The van der Waals surface area contributed by atoms with E-state index in [-0.39, 0.29) is 17.9 Å². The molecule has 24 heavy (non-hydrogen) atoms. The summed E-state index contributed by atoms with van der Waals surface area (Å²) >= 11 is 0. The predicted octanol–water partition coefficient (Wildman–Crippen LogP) is 1.96. The van der Waals surface area contributed by atoms with Crippen LogP contribution in [0.2, 0.25) is 0 Å². The Hall–Kier alpha value is -2.04. The maximum atomic E-state index is 12.8. The Kier molecular flexibility index (Phi) is 4.78. The number of hydrogen-bond acceptors (Lipinski definition) is 3. The second-order valence-electron chi connectivity index (χ2n) is 6.90. The molecule has 0 radical (unpaired) electrons. The fourth-order valence-electron chi connectivity index (χ4n) is 3.86. The SMILES string of the molecule is CC(=O)N1CCC[C@H]1C(=O)N1CCN(c2cccc(C)c2C)CC1. The molecule has 1 aromatic carbocycles. The molecule has 0 spiro atoms. The molecule has 0 aliphatic carbocycles. The molecule has 2 heterocycles. The Morgan fingerprint density at radius 1 is 1.04 bits per heavy atom. The predicted molar refractivity (Wildman–Crippen MR) is 95.1 cm³/mol. The molecule has 2 aliphatic heterocycles. The van der Waals surface area contributed by atoms with Crippen molar-refractivity contribution in [1.82, 2.24) is 9.80 Å². The van der Waals surface area contributed by atoms with Crippen LogP contribution in [0.3, 0.4) is 0 Å². The highest BCUT2D eigenvalue weighted by Gasteiger charge is 2.36. The standard InChI is InChI=1S/C19H27N3O2/c1-14-6-4-7-17(15(14)2)20-10-12-21(13-11-20)19(24)18-8-5-9-22(18)16(3)23/h4,6-7,18H,5,8-13H2,1-3H3/t18-/m0/s1. The van der Waals surface area contributed by atoms with Crippen LogP contribution in [0.15, 0.2) is 18.2 Å². The van der Waals surface area contributed by atoms with Crippen LogP contribution >= 0.6 is 0 Å². The van der Waals surface area contributed by atoms with Crippen LogP contribution in [0, 0.1) is 13.8 Å². The third kappa shape index (κ3) is 3.12. The number of aryl methyl sites for hydroxylation is 1. The van der Waals surface area contributed by atoms with Gasteiger partial charge in [-0.05, 0) is 43.9 Å². The van der Waals surface area contributed by atoms with Crippen molar-refractivity contribution >= 4 is 17.5 Å². The minimum atomic E-state index is -0.241. The average Bonchev–Trinajstić information content (AvgIpc) is 3.07. The number of carbonyl (C=O) groups excluding carboxylic acids is 2. The van der Waals surface area contributed by atoms with E-state index in [4.69, 9.17) is 0 Å². The third-order valence-electron chi connectivity index (χ3n) is 5.45. The van der Waals surface area contributed by atoms with Crippen molar-refractivity contribution in [2.24, 2.45) is 0 Å². The lowest BCUT2D eigenvalue weighted by molar-refractivity contribution is -0.143. The monoisotopic (exact) mass is 329 g/mol. The maximum absolute atomic E-state index is 12.8. The summed E-state index contributed by atoms with van der Waals surface area (Å²) in [5.41, 5.74) is 3.89. The lowest BCUT2D eigenvalue weighted by atomic mass is 10.1. The summed E-state index contributed by atoms with van der Waals surface area (Å²) in [6.07, 6.45) is 1.73. The second-order valence-corrected chi connectivity index (χ2v) is 6.90. The van der Waals surface area contributed by atoms with Gasteiger partial charge in [0.1, 0.15) is 6.04 Å². The first-order valence-corrected chi connectivity index (χ1v) is 8.86. The van der Waals surface area contributed by atoms with E-state index < -0.39 is 0 Å². The van der Waals surface area contributed by atoms with E-state index in [0.717, 1.165) is 39.0 Å². The van der Waals surface area contributed by atoms with Crippen molar-refractivity contribution in [3.05, 3.63) is 29.3 Å². The average molecular weight is 329 g/mol. The quantitative estimate of drug-likeness (QED) is 0.833. The van der Waals surface area contributed by atoms with Crippen molar-refractivity contribution in [1.29, 1.82) is 0 Å². The first kappa shape index (κ1) is 16.8. The van der Waals surface area contributed by atoms with Gasteiger partial charge >= 0.3 is 0 Å². The van der Waals surface area contributed by atoms with Gasteiger partial charge in [-0.25, -0.2) is 0 Å². The van der Waals surface area contributed by atoms with Crippen LogP contribution < -0.4 is 4.90 Å². The number of benzene rings is 1. The number of piperazine rings is 1. The van der Waals surface area contributed by atoms with E-state index in [1.807, 2.05) is 4.90 Å². The highest BCUT2D eigenvalue weighted by Crippen LogP contribution is 2.25. The van der Waals surface area contributed by atoms with Gasteiger partial charge in [0.05, 0.1) is 0 Å². The molecule has 0 unspecified atom stereocenters. The summed E-state index contributed by atoms with van der Waals surface area (Å²) in [6.45, 7) is 9.73. The van der Waals surface area contributed by atoms with E-state index >= 15 is 0 Å². The molecule has 5 heteroatoms. The molecule has 1 atom stereocenters. The molecule has 0 bridgehead atoms. The smallest absolute Gasteiger partial charge is 0.245 e. The Balaban J connectivity index is 1.64. The van der Waals surface area contributed by atoms with Crippen LogP contribution in [0.4, 0.5) is 5.69 Å². The summed E-state index contributed by atoms with van der Waals surface area (Å²) in [5, 5.41) is 0. The molecule has 0 aromatic heterocycles. The molecule has 2 fully saturated rings. The van der Waals surface area contributed by atoms with Gasteiger partial charge in [-0.3, -0.25) is 9.59 Å². The van der Waals surface area contributed by atoms with Crippen molar-refractivity contribution in [2.75, 3.05) is 37.6 Å². The number of amides is 2.